The average molecular weight is 311 g/mol. The van der Waals surface area contributed by atoms with Gasteiger partial charge in [0, 0.05) is 12.1 Å². The van der Waals surface area contributed by atoms with Crippen molar-refractivity contribution in [3.8, 4) is 0 Å². The van der Waals surface area contributed by atoms with Crippen molar-refractivity contribution in [2.24, 2.45) is 10.1 Å². The van der Waals surface area contributed by atoms with Crippen molar-refractivity contribution >= 4 is 39.1 Å². The van der Waals surface area contributed by atoms with Gasteiger partial charge in [0.25, 0.3) is 10.0 Å². The Balaban J connectivity index is 3.01. The van der Waals surface area contributed by atoms with Crippen molar-refractivity contribution < 1.29 is 13.2 Å². The lowest BCUT2D eigenvalue weighted by atomic mass is 10.4. The molecule has 0 amide bonds. The molecule has 0 spiro atoms. The van der Waals surface area contributed by atoms with E-state index in [1.54, 1.807) is 0 Å². The number of methoxy groups -OCH3 is 1. The molecule has 1 atom stereocenters. The van der Waals surface area contributed by atoms with Gasteiger partial charge in [0.05, 0.1) is 11.5 Å². The second kappa shape index (κ2) is 6.38. The number of sulfonamides is 1. The van der Waals surface area contributed by atoms with E-state index >= 15 is 0 Å². The number of rotatable bonds is 5. The Morgan fingerprint density at radius 2 is 2.00 bits per heavy atom. The molecule has 0 bridgehead atoms. The van der Waals surface area contributed by atoms with Crippen LogP contribution in [0.1, 0.15) is 0 Å². The quantitative estimate of drug-likeness (QED) is 0.509. The zero-order valence-corrected chi connectivity index (χ0v) is 11.8. The van der Waals surface area contributed by atoms with E-state index in [-0.39, 0.29) is 17.3 Å². The molecule has 1 rings (SSSR count). The number of hydrogen-bond acceptors (Lipinski definition) is 3. The van der Waals surface area contributed by atoms with Crippen LogP contribution in [0.3, 0.4) is 0 Å². The number of nitrogens with two attached hydrogens (primary N) is 1. The van der Waals surface area contributed by atoms with Gasteiger partial charge in [-0.15, -0.1) is 16.0 Å². The van der Waals surface area contributed by atoms with Gasteiger partial charge in [-0.3, -0.25) is 0 Å². The summed E-state index contributed by atoms with van der Waals surface area (Å²) in [5.41, 5.74) is 5.49. The van der Waals surface area contributed by atoms with E-state index in [1.165, 1.54) is 31.4 Å². The molecular weight excluding hydrogens is 299 g/mol. The third-order valence-corrected chi connectivity index (χ3v) is 3.89. The third kappa shape index (κ3) is 4.13. The van der Waals surface area contributed by atoms with E-state index in [0.29, 0.717) is 5.02 Å². The van der Waals surface area contributed by atoms with Crippen LogP contribution in [0.5, 0.6) is 0 Å². The first-order valence-electron chi connectivity index (χ1n) is 4.85. The van der Waals surface area contributed by atoms with Gasteiger partial charge in [0.15, 0.2) is 0 Å². The lowest BCUT2D eigenvalue weighted by Crippen LogP contribution is -2.29. The zero-order chi connectivity index (χ0) is 13.8. The van der Waals surface area contributed by atoms with E-state index in [0.717, 1.165) is 0 Å². The van der Waals surface area contributed by atoms with E-state index in [9.17, 15) is 8.42 Å². The van der Waals surface area contributed by atoms with Crippen molar-refractivity contribution in [1.29, 1.82) is 0 Å². The summed E-state index contributed by atoms with van der Waals surface area (Å²) in [5, 5.41) is -0.363. The summed E-state index contributed by atoms with van der Waals surface area (Å²) >= 11 is 11.5. The number of hydrogen-bond donors (Lipinski definition) is 1. The molecule has 0 saturated carbocycles. The molecule has 0 aliphatic carbocycles. The molecule has 1 aromatic carbocycles. The minimum absolute atomic E-state index is 0.00358. The van der Waals surface area contributed by atoms with E-state index in [4.69, 9.17) is 33.7 Å². The Bertz CT molecular complexity index is 529. The van der Waals surface area contributed by atoms with Crippen LogP contribution in [0.4, 0.5) is 0 Å². The first kappa shape index (κ1) is 15.2. The summed E-state index contributed by atoms with van der Waals surface area (Å²) in [6, 6.07) is 5.59. The SMILES string of the molecule is COCC(Cl)C(N)=NS(=O)(=O)c1ccc(Cl)cc1. The number of halogens is 2. The fraction of sp³-hybridized carbons (Fsp3) is 0.300. The van der Waals surface area contributed by atoms with Crippen molar-refractivity contribution in [1.82, 2.24) is 0 Å². The highest BCUT2D eigenvalue weighted by Crippen LogP contribution is 2.16. The standard InChI is InChI=1S/C10H12Cl2N2O3S/c1-17-6-9(12)10(13)14-18(15,16)8-4-2-7(11)3-5-8/h2-5,9H,6H2,1H3,(H2,13,14). The first-order valence-corrected chi connectivity index (χ1v) is 7.11. The topological polar surface area (TPSA) is 81.8 Å². The monoisotopic (exact) mass is 310 g/mol. The van der Waals surface area contributed by atoms with Crippen molar-refractivity contribution in [3.63, 3.8) is 0 Å². The second-order valence-electron chi connectivity index (χ2n) is 3.37. The number of ether oxygens (including phenoxy) is 1. The minimum Gasteiger partial charge on any atom is -0.385 e. The highest BCUT2D eigenvalue weighted by Gasteiger charge is 2.17. The van der Waals surface area contributed by atoms with Gasteiger partial charge in [-0.25, -0.2) is 0 Å². The van der Waals surface area contributed by atoms with Crippen LogP contribution in [-0.4, -0.2) is 33.3 Å². The highest BCUT2D eigenvalue weighted by atomic mass is 35.5. The van der Waals surface area contributed by atoms with Crippen LogP contribution in [0.15, 0.2) is 33.6 Å². The summed E-state index contributed by atoms with van der Waals surface area (Å²) in [6.45, 7) is 0.0764. The van der Waals surface area contributed by atoms with Crippen LogP contribution in [-0.2, 0) is 14.8 Å². The summed E-state index contributed by atoms with van der Waals surface area (Å²) in [6.07, 6.45) is 0. The first-order chi connectivity index (χ1) is 8.36. The maximum Gasteiger partial charge on any atom is 0.283 e. The Hall–Kier alpha value is -0.820. The summed E-state index contributed by atoms with van der Waals surface area (Å²) in [4.78, 5) is -0.00358. The normalized spacial score (nSPS) is 14.5. The number of nitrogens with zero attached hydrogens (tertiary/aromatic N) is 1. The Morgan fingerprint density at radius 3 is 2.50 bits per heavy atom. The lowest BCUT2D eigenvalue weighted by Gasteiger charge is -2.07. The molecule has 0 aliphatic heterocycles. The van der Waals surface area contributed by atoms with Gasteiger partial charge >= 0.3 is 0 Å². The molecule has 0 fully saturated rings. The molecular formula is C10H12Cl2N2O3S. The number of amidine groups is 1. The molecule has 0 heterocycles. The summed E-state index contributed by atoms with van der Waals surface area (Å²) in [7, 11) is -2.45. The molecule has 18 heavy (non-hydrogen) atoms. The minimum atomic E-state index is -3.88. The van der Waals surface area contributed by atoms with Crippen molar-refractivity contribution in [2.75, 3.05) is 13.7 Å². The fourth-order valence-corrected chi connectivity index (χ4v) is 2.44. The smallest absolute Gasteiger partial charge is 0.283 e. The van der Waals surface area contributed by atoms with Gasteiger partial charge in [-0.1, -0.05) is 11.6 Å². The van der Waals surface area contributed by atoms with Crippen LogP contribution in [0, 0.1) is 0 Å². The maximum atomic E-state index is 11.9. The van der Waals surface area contributed by atoms with E-state index in [1.807, 2.05) is 0 Å². The van der Waals surface area contributed by atoms with Gasteiger partial charge < -0.3 is 10.5 Å². The van der Waals surface area contributed by atoms with Crippen molar-refractivity contribution in [2.45, 2.75) is 10.3 Å². The van der Waals surface area contributed by atoms with Gasteiger partial charge in [-0.2, -0.15) is 8.42 Å². The van der Waals surface area contributed by atoms with Crippen molar-refractivity contribution in [3.05, 3.63) is 29.3 Å². The third-order valence-electron chi connectivity index (χ3n) is 1.97. The molecule has 0 aliphatic rings. The van der Waals surface area contributed by atoms with E-state index in [2.05, 4.69) is 4.40 Å². The molecule has 0 radical (unpaired) electrons. The number of benzene rings is 1. The Labute approximate surface area is 116 Å². The number of alkyl halides is 1. The molecule has 1 unspecified atom stereocenters. The highest BCUT2D eigenvalue weighted by molar-refractivity contribution is 7.90. The van der Waals surface area contributed by atoms with Gasteiger partial charge in [0.1, 0.15) is 11.2 Å². The Morgan fingerprint density at radius 1 is 1.44 bits per heavy atom. The van der Waals surface area contributed by atoms with Gasteiger partial charge in [-0.05, 0) is 24.3 Å². The molecule has 100 valence electrons. The molecule has 1 aromatic rings. The average Bonchev–Trinajstić information content (AvgIpc) is 2.29. The molecule has 5 nitrogen and oxygen atoms in total. The second-order valence-corrected chi connectivity index (χ2v) is 5.94. The Kier molecular flexibility index (Phi) is 5.40. The predicted octanol–water partition coefficient (Wildman–Crippen LogP) is 1.64. The van der Waals surface area contributed by atoms with Crippen LogP contribution in [0.2, 0.25) is 5.02 Å². The largest absolute Gasteiger partial charge is 0.385 e. The zero-order valence-electron chi connectivity index (χ0n) is 9.51. The molecule has 8 heteroatoms. The van der Waals surface area contributed by atoms with Crippen LogP contribution in [0.25, 0.3) is 0 Å². The molecule has 0 aromatic heterocycles. The predicted molar refractivity (Wildman–Crippen MR) is 71.8 cm³/mol. The lowest BCUT2D eigenvalue weighted by molar-refractivity contribution is 0.209. The van der Waals surface area contributed by atoms with Crippen LogP contribution < -0.4 is 5.73 Å². The summed E-state index contributed by atoms with van der Waals surface area (Å²) in [5.74, 6) is -0.214. The maximum absolute atomic E-state index is 11.9. The van der Waals surface area contributed by atoms with Crippen LogP contribution >= 0.6 is 23.2 Å². The molecule has 2 N–H and O–H groups in total. The molecule has 0 saturated heterocycles. The van der Waals surface area contributed by atoms with E-state index < -0.39 is 15.4 Å². The summed E-state index contributed by atoms with van der Waals surface area (Å²) < 4.78 is 31.9. The fourth-order valence-electron chi connectivity index (χ4n) is 1.09. The van der Waals surface area contributed by atoms with Gasteiger partial charge in [0.2, 0.25) is 0 Å².